The molecule has 0 aliphatic rings. The van der Waals surface area contributed by atoms with E-state index in [1.165, 1.54) is 18.3 Å². The van der Waals surface area contributed by atoms with Gasteiger partial charge in [0.1, 0.15) is 5.60 Å². The molecule has 1 aromatic heterocycles. The third-order valence-corrected chi connectivity index (χ3v) is 3.56. The first-order valence-corrected chi connectivity index (χ1v) is 8.97. The van der Waals surface area contributed by atoms with Crippen molar-refractivity contribution in [2.24, 2.45) is 0 Å². The van der Waals surface area contributed by atoms with Crippen LogP contribution in [0.2, 0.25) is 0 Å². The van der Waals surface area contributed by atoms with E-state index in [0.29, 0.717) is 18.5 Å². The molecule has 2 N–H and O–H groups in total. The Morgan fingerprint density at radius 2 is 1.68 bits per heavy atom. The number of esters is 1. The van der Waals surface area contributed by atoms with Crippen LogP contribution < -0.4 is 10.9 Å². The number of aromatic amines is 1. The van der Waals surface area contributed by atoms with Gasteiger partial charge in [-0.1, -0.05) is 25.7 Å². The zero-order valence-corrected chi connectivity index (χ0v) is 15.5. The maximum absolute atomic E-state index is 11.8. The number of ether oxygens (including phenoxy) is 1. The molecule has 6 nitrogen and oxygen atoms in total. The van der Waals surface area contributed by atoms with Crippen molar-refractivity contribution in [3.05, 3.63) is 34.2 Å². The van der Waals surface area contributed by atoms with E-state index in [-0.39, 0.29) is 17.4 Å². The second-order valence-electron chi connectivity index (χ2n) is 7.16. The van der Waals surface area contributed by atoms with Crippen LogP contribution in [0.3, 0.4) is 0 Å². The second-order valence-corrected chi connectivity index (χ2v) is 7.16. The lowest BCUT2D eigenvalue weighted by molar-refractivity contribution is -0.154. The molecule has 0 saturated carbocycles. The van der Waals surface area contributed by atoms with Crippen molar-refractivity contribution in [1.82, 2.24) is 10.3 Å². The summed E-state index contributed by atoms with van der Waals surface area (Å²) in [7, 11) is 0. The van der Waals surface area contributed by atoms with Crippen molar-refractivity contribution in [1.29, 1.82) is 0 Å². The zero-order chi connectivity index (χ0) is 18.7. The maximum Gasteiger partial charge on any atom is 0.306 e. The fraction of sp³-hybridized carbons (Fsp3) is 0.632. The van der Waals surface area contributed by atoms with Crippen molar-refractivity contribution in [2.45, 2.75) is 71.3 Å². The number of rotatable bonds is 10. The Bertz CT molecular complexity index is 582. The Morgan fingerprint density at radius 1 is 1.04 bits per heavy atom. The topological polar surface area (TPSA) is 88.3 Å². The summed E-state index contributed by atoms with van der Waals surface area (Å²) in [5, 5.41) is 2.83. The number of pyridine rings is 1. The normalized spacial score (nSPS) is 11.2. The molecule has 0 unspecified atom stereocenters. The lowest BCUT2D eigenvalue weighted by Gasteiger charge is -2.19. The molecule has 0 atom stereocenters. The number of hydrogen-bond donors (Lipinski definition) is 2. The first-order chi connectivity index (χ1) is 11.8. The Labute approximate surface area is 149 Å². The minimum atomic E-state index is -0.406. The minimum Gasteiger partial charge on any atom is -0.460 e. The van der Waals surface area contributed by atoms with Crippen LogP contribution in [-0.2, 0) is 9.53 Å². The third-order valence-electron chi connectivity index (χ3n) is 3.56. The van der Waals surface area contributed by atoms with Gasteiger partial charge in [0.25, 0.3) is 5.91 Å². The van der Waals surface area contributed by atoms with Crippen LogP contribution in [0.1, 0.15) is 76.1 Å². The first-order valence-electron chi connectivity index (χ1n) is 8.97. The van der Waals surface area contributed by atoms with E-state index in [4.69, 9.17) is 4.74 Å². The predicted octanol–water partition coefficient (Wildman–Crippen LogP) is 3.18. The number of amides is 1. The highest BCUT2D eigenvalue weighted by Crippen LogP contribution is 2.12. The number of hydrogen-bond acceptors (Lipinski definition) is 4. The van der Waals surface area contributed by atoms with E-state index in [1.54, 1.807) is 0 Å². The van der Waals surface area contributed by atoms with E-state index in [1.807, 2.05) is 20.8 Å². The Balaban J connectivity index is 1.98. The summed E-state index contributed by atoms with van der Waals surface area (Å²) in [6.45, 7) is 6.25. The van der Waals surface area contributed by atoms with Crippen LogP contribution in [0.25, 0.3) is 0 Å². The summed E-state index contributed by atoms with van der Waals surface area (Å²) in [5.41, 5.74) is -0.165. The van der Waals surface area contributed by atoms with Crippen molar-refractivity contribution < 1.29 is 14.3 Å². The molecule has 0 saturated heterocycles. The van der Waals surface area contributed by atoms with E-state index in [9.17, 15) is 14.4 Å². The SMILES string of the molecule is CC(C)(C)OC(=O)CCCCCCCCNC(=O)c1ccc(=O)[nH]c1. The summed E-state index contributed by atoms with van der Waals surface area (Å²) in [4.78, 5) is 36.8. The standard InChI is InChI=1S/C19H30N2O4/c1-19(2,3)25-17(23)10-8-6-4-5-7-9-13-20-18(24)15-11-12-16(22)21-14-15/h11-12,14H,4-10,13H2,1-3H3,(H,20,24)(H,21,22). The largest absolute Gasteiger partial charge is 0.460 e. The van der Waals surface area contributed by atoms with E-state index in [0.717, 1.165) is 38.5 Å². The molecule has 6 heteroatoms. The maximum atomic E-state index is 11.8. The molecule has 1 heterocycles. The second kappa shape index (κ2) is 10.7. The molecule has 1 rings (SSSR count). The molecule has 0 spiro atoms. The lowest BCUT2D eigenvalue weighted by atomic mass is 10.1. The molecule has 0 fully saturated rings. The quantitative estimate of drug-likeness (QED) is 0.501. The van der Waals surface area contributed by atoms with E-state index in [2.05, 4.69) is 10.3 Å². The smallest absolute Gasteiger partial charge is 0.306 e. The molecular weight excluding hydrogens is 320 g/mol. The van der Waals surface area contributed by atoms with Crippen LogP contribution in [0.4, 0.5) is 0 Å². The highest BCUT2D eigenvalue weighted by atomic mass is 16.6. The van der Waals surface area contributed by atoms with Gasteiger partial charge >= 0.3 is 5.97 Å². The van der Waals surface area contributed by atoms with Crippen LogP contribution in [-0.4, -0.2) is 29.0 Å². The van der Waals surface area contributed by atoms with Gasteiger partial charge in [0.15, 0.2) is 0 Å². The molecule has 1 amide bonds. The fourth-order valence-corrected chi connectivity index (χ4v) is 2.35. The van der Waals surface area contributed by atoms with Gasteiger partial charge in [-0.3, -0.25) is 14.4 Å². The Hall–Kier alpha value is -2.11. The molecule has 0 bridgehead atoms. The van der Waals surface area contributed by atoms with Gasteiger partial charge in [-0.25, -0.2) is 0 Å². The summed E-state index contributed by atoms with van der Waals surface area (Å²) in [6, 6.07) is 2.85. The fourth-order valence-electron chi connectivity index (χ4n) is 2.35. The number of carbonyl (C=O) groups excluding carboxylic acids is 2. The minimum absolute atomic E-state index is 0.127. The predicted molar refractivity (Wildman–Crippen MR) is 97.6 cm³/mol. The summed E-state index contributed by atoms with van der Waals surface area (Å²) < 4.78 is 5.26. The Morgan fingerprint density at radius 3 is 2.28 bits per heavy atom. The van der Waals surface area contributed by atoms with Crippen molar-refractivity contribution in [3.63, 3.8) is 0 Å². The monoisotopic (exact) mass is 350 g/mol. The molecule has 1 aromatic rings. The van der Waals surface area contributed by atoms with Crippen molar-refractivity contribution in [3.8, 4) is 0 Å². The molecule has 140 valence electrons. The van der Waals surface area contributed by atoms with Gasteiger partial charge in [0.2, 0.25) is 5.56 Å². The highest BCUT2D eigenvalue weighted by Gasteiger charge is 2.15. The van der Waals surface area contributed by atoms with E-state index >= 15 is 0 Å². The summed E-state index contributed by atoms with van der Waals surface area (Å²) >= 11 is 0. The number of unbranched alkanes of at least 4 members (excludes halogenated alkanes) is 5. The van der Waals surface area contributed by atoms with Gasteiger partial charge in [-0.2, -0.15) is 0 Å². The van der Waals surface area contributed by atoms with Gasteiger partial charge in [-0.05, 0) is 39.7 Å². The summed E-state index contributed by atoms with van der Waals surface area (Å²) in [6.07, 6.45) is 7.90. The zero-order valence-electron chi connectivity index (χ0n) is 15.5. The van der Waals surface area contributed by atoms with Crippen LogP contribution in [0.15, 0.2) is 23.1 Å². The van der Waals surface area contributed by atoms with Crippen molar-refractivity contribution >= 4 is 11.9 Å². The highest BCUT2D eigenvalue weighted by molar-refractivity contribution is 5.93. The number of nitrogens with one attached hydrogen (secondary N) is 2. The average molecular weight is 350 g/mol. The molecule has 0 aliphatic heterocycles. The summed E-state index contributed by atoms with van der Waals surface area (Å²) in [5.74, 6) is -0.300. The number of aromatic nitrogens is 1. The lowest BCUT2D eigenvalue weighted by Crippen LogP contribution is -2.25. The first kappa shape index (κ1) is 20.9. The number of carbonyl (C=O) groups is 2. The molecule has 0 radical (unpaired) electrons. The third kappa shape index (κ3) is 10.4. The molecule has 0 aromatic carbocycles. The van der Waals surface area contributed by atoms with E-state index < -0.39 is 5.60 Å². The van der Waals surface area contributed by atoms with Crippen LogP contribution >= 0.6 is 0 Å². The van der Waals surface area contributed by atoms with Gasteiger partial charge in [0, 0.05) is 25.2 Å². The van der Waals surface area contributed by atoms with Crippen LogP contribution in [0.5, 0.6) is 0 Å². The van der Waals surface area contributed by atoms with Crippen molar-refractivity contribution in [2.75, 3.05) is 6.54 Å². The van der Waals surface area contributed by atoms with Gasteiger partial charge in [0.05, 0.1) is 5.56 Å². The number of H-pyrrole nitrogens is 1. The molecule has 0 aliphatic carbocycles. The Kier molecular flexibility index (Phi) is 8.95. The molecule has 25 heavy (non-hydrogen) atoms. The van der Waals surface area contributed by atoms with Gasteiger partial charge in [-0.15, -0.1) is 0 Å². The van der Waals surface area contributed by atoms with Crippen LogP contribution in [0, 0.1) is 0 Å². The van der Waals surface area contributed by atoms with Gasteiger partial charge < -0.3 is 15.0 Å². The molecular formula is C19H30N2O4. The average Bonchev–Trinajstić information content (AvgIpc) is 2.52.